The van der Waals surface area contributed by atoms with E-state index in [4.69, 9.17) is 0 Å². The summed E-state index contributed by atoms with van der Waals surface area (Å²) in [6.45, 7) is 2.93. The first-order valence-corrected chi connectivity index (χ1v) is 6.99. The minimum absolute atomic E-state index is 0.567. The van der Waals surface area contributed by atoms with Crippen LogP contribution in [0.1, 0.15) is 18.1 Å². The van der Waals surface area contributed by atoms with E-state index in [0.717, 1.165) is 18.7 Å². The number of hydrogen-bond acceptors (Lipinski definition) is 4. The number of hydrogen-bond donors (Lipinski definition) is 1. The smallest absolute Gasteiger partial charge is 0.250 e. The number of nitrogens with zero attached hydrogens (tertiary/aromatic N) is 4. The van der Waals surface area contributed by atoms with Gasteiger partial charge < -0.3 is 5.32 Å². The molecule has 0 aliphatic rings. The second kappa shape index (κ2) is 6.17. The van der Waals surface area contributed by atoms with Crippen LogP contribution in [0, 0.1) is 0 Å². The van der Waals surface area contributed by atoms with Gasteiger partial charge in [0.15, 0.2) is 0 Å². The second-order valence-corrected chi connectivity index (χ2v) is 4.75. The molecular weight excluding hydrogens is 262 g/mol. The average Bonchev–Trinajstić information content (AvgIpc) is 3.03. The fourth-order valence-corrected chi connectivity index (χ4v) is 2.03. The predicted molar refractivity (Wildman–Crippen MR) is 82.3 cm³/mol. The number of nitrogens with one attached hydrogen (secondary N) is 1. The van der Waals surface area contributed by atoms with Gasteiger partial charge in [0, 0.05) is 18.9 Å². The molecular formula is C16H17N5. The Balaban J connectivity index is 1.64. The van der Waals surface area contributed by atoms with Crippen LogP contribution >= 0.6 is 0 Å². The highest BCUT2D eigenvalue weighted by molar-refractivity contribution is 5.40. The Bertz CT molecular complexity index is 688. The molecule has 0 unspecified atom stereocenters. The van der Waals surface area contributed by atoms with Crippen molar-refractivity contribution in [2.75, 3.05) is 5.32 Å². The molecule has 1 aromatic carbocycles. The summed E-state index contributed by atoms with van der Waals surface area (Å²) in [6.07, 6.45) is 8.13. The lowest BCUT2D eigenvalue weighted by Crippen LogP contribution is -2.00. The highest BCUT2D eigenvalue weighted by Gasteiger charge is 2.02. The Hall–Kier alpha value is -2.69. The lowest BCUT2D eigenvalue weighted by Gasteiger charge is -2.04. The Labute approximate surface area is 123 Å². The number of anilines is 1. The fraction of sp³-hybridized carbons (Fsp3) is 0.188. The van der Waals surface area contributed by atoms with Crippen molar-refractivity contribution in [2.45, 2.75) is 19.9 Å². The van der Waals surface area contributed by atoms with Gasteiger partial charge in [-0.2, -0.15) is 5.10 Å². The third-order valence-corrected chi connectivity index (χ3v) is 3.27. The second-order valence-electron chi connectivity index (χ2n) is 4.75. The summed E-state index contributed by atoms with van der Waals surface area (Å²) in [5.74, 6) is 0.567. The van der Waals surface area contributed by atoms with Crippen LogP contribution in [0.15, 0.2) is 55.1 Å². The molecule has 0 bridgehead atoms. The molecule has 106 valence electrons. The van der Waals surface area contributed by atoms with E-state index in [2.05, 4.69) is 51.6 Å². The molecule has 0 spiro atoms. The van der Waals surface area contributed by atoms with Crippen LogP contribution in [-0.4, -0.2) is 19.7 Å². The Morgan fingerprint density at radius 2 is 1.76 bits per heavy atom. The summed E-state index contributed by atoms with van der Waals surface area (Å²) in [5, 5.41) is 7.60. The van der Waals surface area contributed by atoms with Crippen molar-refractivity contribution in [3.63, 3.8) is 0 Å². The number of aryl methyl sites for hydroxylation is 1. The van der Waals surface area contributed by atoms with Gasteiger partial charge in [-0.15, -0.1) is 0 Å². The zero-order chi connectivity index (χ0) is 14.5. The third-order valence-electron chi connectivity index (χ3n) is 3.27. The van der Waals surface area contributed by atoms with Gasteiger partial charge in [0.05, 0.1) is 18.1 Å². The summed E-state index contributed by atoms with van der Waals surface area (Å²) in [7, 11) is 0. The molecule has 5 nitrogen and oxygen atoms in total. The van der Waals surface area contributed by atoms with Crippen LogP contribution in [0.4, 0.5) is 5.69 Å². The molecule has 3 rings (SSSR count). The zero-order valence-electron chi connectivity index (χ0n) is 11.9. The van der Waals surface area contributed by atoms with E-state index >= 15 is 0 Å². The first kappa shape index (κ1) is 13.3. The normalized spacial score (nSPS) is 10.5. The average molecular weight is 279 g/mol. The van der Waals surface area contributed by atoms with Crippen LogP contribution < -0.4 is 5.32 Å². The van der Waals surface area contributed by atoms with Crippen molar-refractivity contribution < 1.29 is 0 Å². The maximum atomic E-state index is 4.26. The lowest BCUT2D eigenvalue weighted by molar-refractivity contribution is 0.808. The van der Waals surface area contributed by atoms with Crippen molar-refractivity contribution in [3.05, 3.63) is 66.2 Å². The van der Waals surface area contributed by atoms with E-state index in [9.17, 15) is 0 Å². The van der Waals surface area contributed by atoms with Crippen LogP contribution in [0.5, 0.6) is 0 Å². The summed E-state index contributed by atoms with van der Waals surface area (Å²) < 4.78 is 1.66. The Morgan fingerprint density at radius 1 is 1.05 bits per heavy atom. The van der Waals surface area contributed by atoms with Gasteiger partial charge >= 0.3 is 0 Å². The minimum atomic E-state index is 0.567. The minimum Gasteiger partial charge on any atom is -0.378 e. The molecule has 0 saturated carbocycles. The van der Waals surface area contributed by atoms with E-state index in [1.165, 1.54) is 11.1 Å². The number of rotatable bonds is 5. The van der Waals surface area contributed by atoms with Crippen molar-refractivity contribution in [1.29, 1.82) is 0 Å². The maximum absolute atomic E-state index is 4.26. The van der Waals surface area contributed by atoms with E-state index in [1.807, 2.05) is 6.20 Å². The fourth-order valence-electron chi connectivity index (χ4n) is 2.03. The molecule has 0 amide bonds. The third kappa shape index (κ3) is 3.25. The largest absolute Gasteiger partial charge is 0.378 e. The molecule has 2 heterocycles. The van der Waals surface area contributed by atoms with Gasteiger partial charge in [-0.3, -0.25) is 0 Å². The summed E-state index contributed by atoms with van der Waals surface area (Å²) in [5.41, 5.74) is 3.55. The number of benzene rings is 1. The molecule has 0 aliphatic carbocycles. The zero-order valence-corrected chi connectivity index (χ0v) is 11.9. The molecule has 0 atom stereocenters. The molecule has 0 saturated heterocycles. The highest BCUT2D eigenvalue weighted by atomic mass is 15.3. The van der Waals surface area contributed by atoms with Crippen LogP contribution in [0.25, 0.3) is 5.95 Å². The Morgan fingerprint density at radius 3 is 2.48 bits per heavy atom. The van der Waals surface area contributed by atoms with Crippen LogP contribution in [0.3, 0.4) is 0 Å². The molecule has 0 radical (unpaired) electrons. The van der Waals surface area contributed by atoms with Gasteiger partial charge in [0.1, 0.15) is 0 Å². The number of aromatic nitrogens is 4. The van der Waals surface area contributed by atoms with Crippen LogP contribution in [0.2, 0.25) is 0 Å². The van der Waals surface area contributed by atoms with E-state index in [1.54, 1.807) is 29.3 Å². The van der Waals surface area contributed by atoms with Crippen molar-refractivity contribution >= 4 is 5.69 Å². The molecule has 2 aromatic heterocycles. The lowest BCUT2D eigenvalue weighted by atomic mass is 10.1. The first-order valence-electron chi connectivity index (χ1n) is 6.99. The van der Waals surface area contributed by atoms with Gasteiger partial charge in [-0.05, 0) is 23.6 Å². The maximum Gasteiger partial charge on any atom is 0.250 e. The van der Waals surface area contributed by atoms with E-state index in [-0.39, 0.29) is 0 Å². The van der Waals surface area contributed by atoms with Crippen molar-refractivity contribution in [2.24, 2.45) is 0 Å². The van der Waals surface area contributed by atoms with Crippen molar-refractivity contribution in [1.82, 2.24) is 19.7 Å². The van der Waals surface area contributed by atoms with Gasteiger partial charge in [-0.25, -0.2) is 14.6 Å². The van der Waals surface area contributed by atoms with Gasteiger partial charge in [0.2, 0.25) is 5.95 Å². The first-order chi connectivity index (χ1) is 10.3. The van der Waals surface area contributed by atoms with E-state index in [0.29, 0.717) is 5.95 Å². The SMILES string of the molecule is CCc1ccc(CNc2cnn(-c3ncccn3)c2)cc1. The van der Waals surface area contributed by atoms with E-state index < -0.39 is 0 Å². The summed E-state index contributed by atoms with van der Waals surface area (Å²) in [4.78, 5) is 8.32. The molecule has 0 fully saturated rings. The summed E-state index contributed by atoms with van der Waals surface area (Å²) in [6, 6.07) is 10.4. The van der Waals surface area contributed by atoms with Gasteiger partial charge in [-0.1, -0.05) is 31.2 Å². The quantitative estimate of drug-likeness (QED) is 0.780. The monoisotopic (exact) mass is 279 g/mol. The molecule has 21 heavy (non-hydrogen) atoms. The predicted octanol–water partition coefficient (Wildman–Crippen LogP) is 2.84. The van der Waals surface area contributed by atoms with Crippen LogP contribution in [-0.2, 0) is 13.0 Å². The van der Waals surface area contributed by atoms with Gasteiger partial charge in [0.25, 0.3) is 0 Å². The standard InChI is InChI=1S/C16H17N5/c1-2-13-4-6-14(7-5-13)10-19-15-11-20-21(12-15)16-17-8-3-9-18-16/h3-9,11-12,19H,2,10H2,1H3. The van der Waals surface area contributed by atoms with Crippen molar-refractivity contribution in [3.8, 4) is 5.95 Å². The molecule has 5 heteroatoms. The summed E-state index contributed by atoms with van der Waals surface area (Å²) >= 11 is 0. The highest BCUT2D eigenvalue weighted by Crippen LogP contribution is 2.11. The molecule has 1 N–H and O–H groups in total. The Kier molecular flexibility index (Phi) is 3.91. The molecule has 3 aromatic rings. The molecule has 0 aliphatic heterocycles. The topological polar surface area (TPSA) is 55.6 Å².